The molecule has 2 rings (SSSR count). The van der Waals surface area contributed by atoms with E-state index in [-0.39, 0.29) is 0 Å². The first kappa shape index (κ1) is 14.1. The number of alkyl halides is 1. The van der Waals surface area contributed by atoms with Crippen LogP contribution >= 0.6 is 11.6 Å². The molecule has 2 aromatic carbocycles. The lowest BCUT2D eigenvalue weighted by Crippen LogP contribution is -2.13. The number of nitrogens with one attached hydrogen (secondary N) is 1. The molecule has 0 aliphatic carbocycles. The Balaban J connectivity index is 1.94. The summed E-state index contributed by atoms with van der Waals surface area (Å²) in [5, 5.41) is 3.49. The average molecular weight is 274 g/mol. The predicted molar refractivity (Wildman–Crippen MR) is 82.5 cm³/mol. The third-order valence-corrected chi connectivity index (χ3v) is 3.60. The van der Waals surface area contributed by atoms with Crippen molar-refractivity contribution in [2.45, 2.75) is 32.8 Å². The molecule has 0 unspecified atom stereocenters. The van der Waals surface area contributed by atoms with E-state index in [1.807, 2.05) is 0 Å². The summed E-state index contributed by atoms with van der Waals surface area (Å²) in [6.07, 6.45) is 0. The van der Waals surface area contributed by atoms with Crippen LogP contribution in [0.5, 0.6) is 0 Å². The number of rotatable bonds is 5. The van der Waals surface area contributed by atoms with Crippen LogP contribution in [-0.4, -0.2) is 0 Å². The molecule has 0 aliphatic heterocycles. The Hall–Kier alpha value is -1.31. The molecule has 100 valence electrons. The molecule has 0 bridgehead atoms. The highest BCUT2D eigenvalue weighted by molar-refractivity contribution is 6.17. The summed E-state index contributed by atoms with van der Waals surface area (Å²) < 4.78 is 0. The van der Waals surface area contributed by atoms with Crippen LogP contribution in [0.25, 0.3) is 0 Å². The van der Waals surface area contributed by atoms with Crippen molar-refractivity contribution in [2.24, 2.45) is 0 Å². The van der Waals surface area contributed by atoms with E-state index in [9.17, 15) is 0 Å². The smallest absolute Gasteiger partial charge is 0.0474 e. The van der Waals surface area contributed by atoms with Crippen LogP contribution < -0.4 is 5.32 Å². The van der Waals surface area contributed by atoms with Gasteiger partial charge in [-0.3, -0.25) is 0 Å². The second kappa shape index (κ2) is 6.74. The Morgan fingerprint density at radius 1 is 0.947 bits per heavy atom. The van der Waals surface area contributed by atoms with Gasteiger partial charge in [-0.05, 0) is 36.1 Å². The summed E-state index contributed by atoms with van der Waals surface area (Å²) in [5.74, 6) is 0.574. The van der Waals surface area contributed by atoms with Gasteiger partial charge in [0.25, 0.3) is 0 Å². The summed E-state index contributed by atoms with van der Waals surface area (Å²) in [4.78, 5) is 0. The number of aryl methyl sites for hydroxylation is 2. The van der Waals surface area contributed by atoms with Crippen LogP contribution in [0, 0.1) is 13.8 Å². The highest BCUT2D eigenvalue weighted by Crippen LogP contribution is 2.11. The highest BCUT2D eigenvalue weighted by Gasteiger charge is 1.99. The minimum atomic E-state index is 0.574. The highest BCUT2D eigenvalue weighted by atomic mass is 35.5. The van der Waals surface area contributed by atoms with Crippen LogP contribution in [0.1, 0.15) is 27.8 Å². The van der Waals surface area contributed by atoms with Gasteiger partial charge in [0.15, 0.2) is 0 Å². The molecule has 1 nitrogen and oxygen atoms in total. The maximum atomic E-state index is 5.85. The monoisotopic (exact) mass is 273 g/mol. The third kappa shape index (κ3) is 4.09. The Labute approximate surface area is 120 Å². The van der Waals surface area contributed by atoms with Gasteiger partial charge < -0.3 is 5.32 Å². The second-order valence-corrected chi connectivity index (χ2v) is 5.25. The largest absolute Gasteiger partial charge is 0.309 e. The van der Waals surface area contributed by atoms with Crippen LogP contribution in [0.2, 0.25) is 0 Å². The lowest BCUT2D eigenvalue weighted by molar-refractivity contribution is 0.690. The average Bonchev–Trinajstić information content (AvgIpc) is 2.43. The molecule has 0 aromatic heterocycles. The first-order chi connectivity index (χ1) is 9.19. The first-order valence-electron chi connectivity index (χ1n) is 6.59. The van der Waals surface area contributed by atoms with Crippen LogP contribution in [-0.2, 0) is 19.0 Å². The molecule has 2 heteroatoms. The topological polar surface area (TPSA) is 12.0 Å². The maximum Gasteiger partial charge on any atom is 0.0474 e. The molecule has 19 heavy (non-hydrogen) atoms. The number of hydrogen-bond acceptors (Lipinski definition) is 1. The van der Waals surface area contributed by atoms with Crippen molar-refractivity contribution in [3.05, 3.63) is 70.3 Å². The molecule has 0 radical (unpaired) electrons. The molecule has 0 aliphatic rings. The van der Waals surface area contributed by atoms with E-state index in [1.54, 1.807) is 0 Å². The van der Waals surface area contributed by atoms with Crippen molar-refractivity contribution in [1.82, 2.24) is 5.32 Å². The summed E-state index contributed by atoms with van der Waals surface area (Å²) in [7, 11) is 0. The summed E-state index contributed by atoms with van der Waals surface area (Å²) >= 11 is 5.85. The molecular weight excluding hydrogens is 254 g/mol. The molecule has 0 spiro atoms. The van der Waals surface area contributed by atoms with E-state index >= 15 is 0 Å². The zero-order valence-electron chi connectivity index (χ0n) is 11.5. The first-order valence-corrected chi connectivity index (χ1v) is 7.13. The fraction of sp³-hybridized carbons (Fsp3) is 0.294. The minimum Gasteiger partial charge on any atom is -0.309 e. The van der Waals surface area contributed by atoms with Crippen molar-refractivity contribution < 1.29 is 0 Å². The third-order valence-electron chi connectivity index (χ3n) is 3.29. The van der Waals surface area contributed by atoms with Gasteiger partial charge in [-0.25, -0.2) is 0 Å². The lowest BCUT2D eigenvalue weighted by atomic mass is 10.1. The van der Waals surface area contributed by atoms with E-state index in [2.05, 4.69) is 61.6 Å². The molecule has 1 N–H and O–H groups in total. The molecule has 0 fully saturated rings. The Morgan fingerprint density at radius 3 is 2.53 bits per heavy atom. The second-order valence-electron chi connectivity index (χ2n) is 4.99. The van der Waals surface area contributed by atoms with E-state index in [0.29, 0.717) is 5.88 Å². The van der Waals surface area contributed by atoms with Crippen molar-refractivity contribution >= 4 is 11.6 Å². The predicted octanol–water partition coefficient (Wildman–Crippen LogP) is 4.33. The van der Waals surface area contributed by atoms with Crippen molar-refractivity contribution in [3.63, 3.8) is 0 Å². The Bertz CT molecular complexity index is 549. The molecule has 0 saturated carbocycles. The maximum absolute atomic E-state index is 5.85. The lowest BCUT2D eigenvalue weighted by Gasteiger charge is -2.09. The zero-order chi connectivity index (χ0) is 13.7. The summed E-state index contributed by atoms with van der Waals surface area (Å²) in [5.41, 5.74) is 6.48. The van der Waals surface area contributed by atoms with Gasteiger partial charge in [-0.2, -0.15) is 0 Å². The SMILES string of the molecule is Cc1ccc(C)c(CNCc2cccc(CCl)c2)c1. The van der Waals surface area contributed by atoms with Crippen molar-refractivity contribution in [3.8, 4) is 0 Å². The van der Waals surface area contributed by atoms with Gasteiger partial charge in [-0.15, -0.1) is 11.6 Å². The van der Waals surface area contributed by atoms with Crippen LogP contribution in [0.15, 0.2) is 42.5 Å². The van der Waals surface area contributed by atoms with E-state index in [1.165, 1.54) is 27.8 Å². The fourth-order valence-corrected chi connectivity index (χ4v) is 2.32. The van der Waals surface area contributed by atoms with Gasteiger partial charge >= 0.3 is 0 Å². The Kier molecular flexibility index (Phi) is 5.00. The van der Waals surface area contributed by atoms with Gasteiger partial charge in [0, 0.05) is 19.0 Å². The summed E-state index contributed by atoms with van der Waals surface area (Å²) in [6.45, 7) is 6.06. The quantitative estimate of drug-likeness (QED) is 0.800. The molecule has 0 saturated heterocycles. The fourth-order valence-electron chi connectivity index (χ4n) is 2.15. The van der Waals surface area contributed by atoms with Crippen LogP contribution in [0.4, 0.5) is 0 Å². The number of benzene rings is 2. The van der Waals surface area contributed by atoms with E-state index in [0.717, 1.165) is 13.1 Å². The van der Waals surface area contributed by atoms with Gasteiger partial charge in [0.05, 0.1) is 0 Å². The van der Waals surface area contributed by atoms with Crippen LogP contribution in [0.3, 0.4) is 0 Å². The molecular formula is C17H20ClN. The molecule has 2 aromatic rings. The summed E-state index contributed by atoms with van der Waals surface area (Å²) in [6, 6.07) is 15.0. The van der Waals surface area contributed by atoms with E-state index < -0.39 is 0 Å². The van der Waals surface area contributed by atoms with Gasteiger partial charge in [-0.1, -0.05) is 48.0 Å². The zero-order valence-corrected chi connectivity index (χ0v) is 12.3. The standard InChI is InChI=1S/C17H20ClN/c1-13-6-7-14(2)17(8-13)12-19-11-16-5-3-4-15(9-16)10-18/h3-9,19H,10-12H2,1-2H3. The minimum absolute atomic E-state index is 0.574. The number of hydrogen-bond donors (Lipinski definition) is 1. The Morgan fingerprint density at radius 2 is 1.74 bits per heavy atom. The van der Waals surface area contributed by atoms with Gasteiger partial charge in [0.2, 0.25) is 0 Å². The molecule has 0 atom stereocenters. The normalized spacial score (nSPS) is 10.7. The van der Waals surface area contributed by atoms with Gasteiger partial charge in [0.1, 0.15) is 0 Å². The molecule has 0 heterocycles. The van der Waals surface area contributed by atoms with Crippen molar-refractivity contribution in [1.29, 1.82) is 0 Å². The van der Waals surface area contributed by atoms with E-state index in [4.69, 9.17) is 11.6 Å². The van der Waals surface area contributed by atoms with Crippen molar-refractivity contribution in [2.75, 3.05) is 0 Å². The molecule has 0 amide bonds. The number of halogens is 1.